The van der Waals surface area contributed by atoms with Crippen LogP contribution >= 0.6 is 0 Å². The lowest BCUT2D eigenvalue weighted by atomic mass is 9.89. The van der Waals surface area contributed by atoms with E-state index in [9.17, 15) is 9.90 Å². The molecule has 1 aliphatic rings. The second-order valence-electron chi connectivity index (χ2n) is 5.74. The number of hydrogen-bond acceptors (Lipinski definition) is 3. The van der Waals surface area contributed by atoms with Gasteiger partial charge in [0.05, 0.1) is 6.61 Å². The maximum Gasteiger partial charge on any atom is 0.328 e. The topological polar surface area (TPSA) is 49.8 Å². The summed E-state index contributed by atoms with van der Waals surface area (Å²) in [5.41, 5.74) is -0.143. The molecule has 0 radical (unpaired) electrons. The van der Waals surface area contributed by atoms with Crippen LogP contribution in [0, 0.1) is 0 Å². The molecule has 0 amide bonds. The highest BCUT2D eigenvalue weighted by Crippen LogP contribution is 2.32. The molecule has 1 unspecified atom stereocenters. The molecule has 0 bridgehead atoms. The molecule has 1 aromatic carbocycles. The van der Waals surface area contributed by atoms with E-state index in [-0.39, 0.29) is 0 Å². The van der Waals surface area contributed by atoms with Crippen LogP contribution in [0.1, 0.15) is 45.1 Å². The van der Waals surface area contributed by atoms with Crippen molar-refractivity contribution in [2.45, 2.75) is 45.1 Å². The van der Waals surface area contributed by atoms with Gasteiger partial charge in [0.1, 0.15) is 11.3 Å². The molecule has 1 saturated heterocycles. The standard InChI is InChI=1S/C17H25NO3/c1-3-21-15-10-8-14(9-11-15)17(2,16(19)20)18-12-6-4-5-7-13-18/h8-11H,3-7,12-13H2,1-2H3,(H,19,20). The maximum absolute atomic E-state index is 12.0. The zero-order valence-electron chi connectivity index (χ0n) is 13.0. The summed E-state index contributed by atoms with van der Waals surface area (Å²) in [6.45, 7) is 6.05. The largest absolute Gasteiger partial charge is 0.494 e. The smallest absolute Gasteiger partial charge is 0.328 e. The maximum atomic E-state index is 12.0. The lowest BCUT2D eigenvalue weighted by Gasteiger charge is -2.37. The summed E-state index contributed by atoms with van der Waals surface area (Å²) in [5.74, 6) is -0.00147. The number of likely N-dealkylation sites (tertiary alicyclic amines) is 1. The number of aliphatic carboxylic acids is 1. The van der Waals surface area contributed by atoms with E-state index >= 15 is 0 Å². The molecule has 0 aromatic heterocycles. The molecule has 4 nitrogen and oxygen atoms in total. The quantitative estimate of drug-likeness (QED) is 0.904. The van der Waals surface area contributed by atoms with Gasteiger partial charge in [-0.05, 0) is 57.5 Å². The number of benzene rings is 1. The van der Waals surface area contributed by atoms with Crippen molar-refractivity contribution < 1.29 is 14.6 Å². The van der Waals surface area contributed by atoms with Crippen LogP contribution in [0.25, 0.3) is 0 Å². The minimum Gasteiger partial charge on any atom is -0.494 e. The zero-order valence-corrected chi connectivity index (χ0v) is 13.0. The van der Waals surface area contributed by atoms with Gasteiger partial charge in [-0.2, -0.15) is 0 Å². The first-order chi connectivity index (χ1) is 10.1. The van der Waals surface area contributed by atoms with Crippen molar-refractivity contribution in [3.05, 3.63) is 29.8 Å². The lowest BCUT2D eigenvalue weighted by Crippen LogP contribution is -2.50. The summed E-state index contributed by atoms with van der Waals surface area (Å²) in [6.07, 6.45) is 4.52. The van der Waals surface area contributed by atoms with Crippen molar-refractivity contribution in [3.63, 3.8) is 0 Å². The molecule has 1 fully saturated rings. The molecule has 21 heavy (non-hydrogen) atoms. The molecule has 116 valence electrons. The molecule has 1 N–H and O–H groups in total. The summed E-state index contributed by atoms with van der Waals surface area (Å²) in [5, 5.41) is 9.83. The molecule has 1 heterocycles. The predicted molar refractivity (Wildman–Crippen MR) is 82.6 cm³/mol. The average Bonchev–Trinajstić information content (AvgIpc) is 2.76. The fourth-order valence-electron chi connectivity index (χ4n) is 3.00. The molecule has 4 heteroatoms. The SMILES string of the molecule is CCOc1ccc(C(C)(C(=O)O)N2CCCCCC2)cc1. The first-order valence-corrected chi connectivity index (χ1v) is 7.81. The third-order valence-corrected chi connectivity index (χ3v) is 4.38. The summed E-state index contributed by atoms with van der Waals surface area (Å²) >= 11 is 0. The Morgan fingerprint density at radius 2 is 1.76 bits per heavy atom. The van der Waals surface area contributed by atoms with E-state index in [0.717, 1.165) is 37.2 Å². The van der Waals surface area contributed by atoms with E-state index in [1.165, 1.54) is 12.8 Å². The van der Waals surface area contributed by atoms with Crippen molar-refractivity contribution >= 4 is 5.97 Å². The minimum atomic E-state index is -0.963. The monoisotopic (exact) mass is 291 g/mol. The average molecular weight is 291 g/mol. The highest BCUT2D eigenvalue weighted by atomic mass is 16.5. The number of hydrogen-bond donors (Lipinski definition) is 1. The Balaban J connectivity index is 2.29. The van der Waals surface area contributed by atoms with E-state index in [0.29, 0.717) is 6.61 Å². The number of ether oxygens (including phenoxy) is 1. The number of rotatable bonds is 5. The van der Waals surface area contributed by atoms with E-state index < -0.39 is 11.5 Å². The normalized spacial score (nSPS) is 19.5. The Bertz CT molecular complexity index is 463. The van der Waals surface area contributed by atoms with Crippen LogP contribution in [-0.4, -0.2) is 35.7 Å². The third-order valence-electron chi connectivity index (χ3n) is 4.38. The fourth-order valence-corrected chi connectivity index (χ4v) is 3.00. The van der Waals surface area contributed by atoms with Gasteiger partial charge in [0.25, 0.3) is 0 Å². The number of carbonyl (C=O) groups is 1. The molecular weight excluding hydrogens is 266 g/mol. The van der Waals surface area contributed by atoms with Crippen LogP contribution in [0.5, 0.6) is 5.75 Å². The van der Waals surface area contributed by atoms with Gasteiger partial charge in [-0.1, -0.05) is 25.0 Å². The Morgan fingerprint density at radius 3 is 2.24 bits per heavy atom. The zero-order chi connectivity index (χ0) is 15.3. The Morgan fingerprint density at radius 1 is 1.19 bits per heavy atom. The Labute approximate surface area is 126 Å². The molecule has 1 atom stereocenters. The van der Waals surface area contributed by atoms with Gasteiger partial charge in [0.15, 0.2) is 0 Å². The molecule has 1 aliphatic heterocycles. The van der Waals surface area contributed by atoms with E-state index in [1.54, 1.807) is 0 Å². The lowest BCUT2D eigenvalue weighted by molar-refractivity contribution is -0.151. The van der Waals surface area contributed by atoms with Crippen LogP contribution < -0.4 is 4.74 Å². The molecule has 0 saturated carbocycles. The third kappa shape index (κ3) is 3.38. The van der Waals surface area contributed by atoms with Crippen molar-refractivity contribution in [3.8, 4) is 5.75 Å². The summed E-state index contributed by atoms with van der Waals surface area (Å²) in [4.78, 5) is 14.1. The van der Waals surface area contributed by atoms with Crippen LogP contribution in [0.4, 0.5) is 0 Å². The highest BCUT2D eigenvalue weighted by molar-refractivity contribution is 5.80. The number of carboxylic acid groups (broad SMARTS) is 1. The van der Waals surface area contributed by atoms with Crippen LogP contribution in [-0.2, 0) is 10.3 Å². The van der Waals surface area contributed by atoms with Crippen LogP contribution in [0.3, 0.4) is 0 Å². The van der Waals surface area contributed by atoms with Gasteiger partial charge in [-0.25, -0.2) is 4.79 Å². The van der Waals surface area contributed by atoms with Crippen molar-refractivity contribution in [2.75, 3.05) is 19.7 Å². The van der Waals surface area contributed by atoms with Gasteiger partial charge in [-0.15, -0.1) is 0 Å². The van der Waals surface area contributed by atoms with Gasteiger partial charge >= 0.3 is 5.97 Å². The minimum absolute atomic E-state index is 0.613. The molecule has 1 aromatic rings. The van der Waals surface area contributed by atoms with E-state index in [2.05, 4.69) is 4.90 Å². The van der Waals surface area contributed by atoms with Crippen LogP contribution in [0.15, 0.2) is 24.3 Å². The second kappa shape index (κ2) is 6.94. The molecule has 0 aliphatic carbocycles. The second-order valence-corrected chi connectivity index (χ2v) is 5.74. The van der Waals surface area contributed by atoms with Crippen molar-refractivity contribution in [1.82, 2.24) is 4.90 Å². The Kier molecular flexibility index (Phi) is 5.23. The first kappa shape index (κ1) is 15.8. The predicted octanol–water partition coefficient (Wildman–Crippen LogP) is 3.26. The van der Waals surface area contributed by atoms with Crippen LogP contribution in [0.2, 0.25) is 0 Å². The van der Waals surface area contributed by atoms with E-state index in [4.69, 9.17) is 4.74 Å². The fraction of sp³-hybridized carbons (Fsp3) is 0.588. The number of nitrogens with zero attached hydrogens (tertiary/aromatic N) is 1. The molecular formula is C17H25NO3. The highest BCUT2D eigenvalue weighted by Gasteiger charge is 2.41. The van der Waals surface area contributed by atoms with Gasteiger partial charge in [0, 0.05) is 0 Å². The van der Waals surface area contributed by atoms with Gasteiger partial charge in [-0.3, -0.25) is 4.90 Å². The van der Waals surface area contributed by atoms with Gasteiger partial charge < -0.3 is 9.84 Å². The number of carboxylic acids is 1. The summed E-state index contributed by atoms with van der Waals surface area (Å²) in [7, 11) is 0. The molecule has 0 spiro atoms. The van der Waals surface area contributed by atoms with E-state index in [1.807, 2.05) is 38.1 Å². The van der Waals surface area contributed by atoms with Crippen molar-refractivity contribution in [1.29, 1.82) is 0 Å². The van der Waals surface area contributed by atoms with Gasteiger partial charge in [0.2, 0.25) is 0 Å². The Hall–Kier alpha value is -1.55. The summed E-state index contributed by atoms with van der Waals surface area (Å²) < 4.78 is 5.44. The summed E-state index contributed by atoms with van der Waals surface area (Å²) in [6, 6.07) is 7.48. The van der Waals surface area contributed by atoms with Crippen molar-refractivity contribution in [2.24, 2.45) is 0 Å². The molecule has 2 rings (SSSR count). The first-order valence-electron chi connectivity index (χ1n) is 7.81.